The van der Waals surface area contributed by atoms with E-state index in [4.69, 9.17) is 4.74 Å². The second-order valence-electron chi connectivity index (χ2n) is 9.59. The molecule has 1 aromatic rings. The summed E-state index contributed by atoms with van der Waals surface area (Å²) in [6.07, 6.45) is 3.66. The van der Waals surface area contributed by atoms with Gasteiger partial charge in [0, 0.05) is 31.7 Å². The van der Waals surface area contributed by atoms with Crippen molar-refractivity contribution in [2.24, 2.45) is 5.92 Å². The first kappa shape index (κ1) is 22.6. The van der Waals surface area contributed by atoms with Crippen LogP contribution in [0.3, 0.4) is 0 Å². The molecule has 6 nitrogen and oxygen atoms in total. The van der Waals surface area contributed by atoms with Crippen LogP contribution in [-0.4, -0.2) is 67.2 Å². The van der Waals surface area contributed by atoms with Gasteiger partial charge in [0.15, 0.2) is 0 Å². The zero-order valence-corrected chi connectivity index (χ0v) is 18.9. The van der Waals surface area contributed by atoms with E-state index >= 15 is 0 Å². The third-order valence-corrected chi connectivity index (χ3v) is 6.99. The molecule has 30 heavy (non-hydrogen) atoms. The normalized spacial score (nSPS) is 22.4. The summed E-state index contributed by atoms with van der Waals surface area (Å²) >= 11 is 0. The predicted molar refractivity (Wildman–Crippen MR) is 118 cm³/mol. The summed E-state index contributed by atoms with van der Waals surface area (Å²) in [5.74, 6) is 0.495. The molecule has 0 spiro atoms. The van der Waals surface area contributed by atoms with E-state index in [1.54, 1.807) is 0 Å². The van der Waals surface area contributed by atoms with E-state index in [2.05, 4.69) is 31.0 Å². The molecule has 0 radical (unpaired) electrons. The molecule has 1 unspecified atom stereocenters. The standard InChI is InChI=1S/C24H37N3O3/c1-19-9-8-14-27(17-19)23(2,3)18-25-22(29)26-15-12-24(13-16-26,21(28)30-4)20-10-6-5-7-11-20/h5-7,10-11,19H,8-9,12-18H2,1-4H3,(H,25,29). The number of rotatable bonds is 5. The van der Waals surface area contributed by atoms with Crippen molar-refractivity contribution in [3.63, 3.8) is 0 Å². The van der Waals surface area contributed by atoms with Gasteiger partial charge in [-0.3, -0.25) is 9.69 Å². The van der Waals surface area contributed by atoms with Crippen LogP contribution in [0.25, 0.3) is 0 Å². The molecule has 0 saturated carbocycles. The summed E-state index contributed by atoms with van der Waals surface area (Å²) in [5.41, 5.74) is 0.230. The van der Waals surface area contributed by atoms with Gasteiger partial charge < -0.3 is 15.0 Å². The highest BCUT2D eigenvalue weighted by atomic mass is 16.5. The molecule has 2 amide bonds. The number of esters is 1. The van der Waals surface area contributed by atoms with Gasteiger partial charge in [-0.25, -0.2) is 4.79 Å². The van der Waals surface area contributed by atoms with Crippen LogP contribution in [0.2, 0.25) is 0 Å². The van der Waals surface area contributed by atoms with Gasteiger partial charge in [0.25, 0.3) is 0 Å². The molecule has 2 saturated heterocycles. The number of carbonyl (C=O) groups is 2. The Balaban J connectivity index is 1.58. The fourth-order valence-electron chi connectivity index (χ4n) is 4.91. The third kappa shape index (κ3) is 4.80. The minimum Gasteiger partial charge on any atom is -0.468 e. The molecule has 2 aliphatic rings. The highest BCUT2D eigenvalue weighted by Crippen LogP contribution is 2.36. The number of hydrogen-bond donors (Lipinski definition) is 1. The molecule has 2 fully saturated rings. The minimum absolute atomic E-state index is 0.0420. The molecule has 6 heteroatoms. The van der Waals surface area contributed by atoms with Crippen LogP contribution >= 0.6 is 0 Å². The zero-order valence-electron chi connectivity index (χ0n) is 18.9. The van der Waals surface area contributed by atoms with E-state index in [1.165, 1.54) is 20.0 Å². The first-order valence-electron chi connectivity index (χ1n) is 11.2. The lowest BCUT2D eigenvalue weighted by atomic mass is 9.73. The number of piperidine rings is 2. The number of amides is 2. The average Bonchev–Trinajstić information content (AvgIpc) is 2.77. The lowest BCUT2D eigenvalue weighted by molar-refractivity contribution is -0.149. The van der Waals surface area contributed by atoms with Gasteiger partial charge in [-0.1, -0.05) is 37.3 Å². The molecular weight excluding hydrogens is 378 g/mol. The third-order valence-electron chi connectivity index (χ3n) is 6.99. The molecule has 1 aromatic carbocycles. The molecule has 0 aromatic heterocycles. The smallest absolute Gasteiger partial charge is 0.317 e. The van der Waals surface area contributed by atoms with E-state index in [1.807, 2.05) is 35.2 Å². The van der Waals surface area contributed by atoms with E-state index < -0.39 is 5.41 Å². The molecule has 0 aliphatic carbocycles. The van der Waals surface area contributed by atoms with Gasteiger partial charge in [-0.15, -0.1) is 0 Å². The SMILES string of the molecule is COC(=O)C1(c2ccccc2)CCN(C(=O)NCC(C)(C)N2CCCC(C)C2)CC1. The second-order valence-corrected chi connectivity index (χ2v) is 9.59. The Morgan fingerprint density at radius 1 is 1.17 bits per heavy atom. The highest BCUT2D eigenvalue weighted by Gasteiger charge is 2.44. The number of hydrogen-bond acceptors (Lipinski definition) is 4. The maximum absolute atomic E-state index is 12.9. The molecular formula is C24H37N3O3. The van der Waals surface area contributed by atoms with Crippen molar-refractivity contribution in [1.82, 2.24) is 15.1 Å². The summed E-state index contributed by atoms with van der Waals surface area (Å²) in [7, 11) is 1.44. The Kier molecular flexibility index (Phi) is 7.06. The lowest BCUT2D eigenvalue weighted by Crippen LogP contribution is -2.57. The second kappa shape index (κ2) is 9.38. The summed E-state index contributed by atoms with van der Waals surface area (Å²) in [6, 6.07) is 9.76. The van der Waals surface area contributed by atoms with Crippen molar-refractivity contribution >= 4 is 12.0 Å². The van der Waals surface area contributed by atoms with Crippen LogP contribution in [-0.2, 0) is 14.9 Å². The average molecular weight is 416 g/mol. The van der Waals surface area contributed by atoms with Gasteiger partial charge in [-0.2, -0.15) is 0 Å². The fourth-order valence-corrected chi connectivity index (χ4v) is 4.91. The highest BCUT2D eigenvalue weighted by molar-refractivity contribution is 5.84. The Labute approximate surface area is 180 Å². The summed E-state index contributed by atoms with van der Waals surface area (Å²) < 4.78 is 5.15. The number of ether oxygens (including phenoxy) is 1. The maximum Gasteiger partial charge on any atom is 0.317 e. The van der Waals surface area contributed by atoms with Crippen molar-refractivity contribution in [3.05, 3.63) is 35.9 Å². The molecule has 2 aliphatic heterocycles. The van der Waals surface area contributed by atoms with Crippen molar-refractivity contribution in [2.45, 2.75) is 57.4 Å². The van der Waals surface area contributed by atoms with Crippen molar-refractivity contribution in [3.8, 4) is 0 Å². The number of nitrogens with zero attached hydrogens (tertiary/aromatic N) is 2. The van der Waals surface area contributed by atoms with Gasteiger partial charge in [-0.05, 0) is 57.6 Å². The van der Waals surface area contributed by atoms with Crippen LogP contribution in [0.1, 0.15) is 52.0 Å². The number of likely N-dealkylation sites (tertiary alicyclic amines) is 2. The van der Waals surface area contributed by atoms with Crippen molar-refractivity contribution < 1.29 is 14.3 Å². The summed E-state index contributed by atoms with van der Waals surface area (Å²) in [5, 5.41) is 3.14. The van der Waals surface area contributed by atoms with Crippen LogP contribution in [0.4, 0.5) is 4.79 Å². The predicted octanol–water partition coefficient (Wildman–Crippen LogP) is 3.41. The fraction of sp³-hybridized carbons (Fsp3) is 0.667. The maximum atomic E-state index is 12.9. The Hall–Kier alpha value is -2.08. The van der Waals surface area contributed by atoms with Gasteiger partial charge in [0.1, 0.15) is 0 Å². The number of carbonyl (C=O) groups excluding carboxylic acids is 2. The first-order valence-corrected chi connectivity index (χ1v) is 11.2. The number of nitrogens with one attached hydrogen (secondary N) is 1. The van der Waals surface area contributed by atoms with Crippen molar-refractivity contribution in [2.75, 3.05) is 39.8 Å². The molecule has 2 heterocycles. The molecule has 1 atom stereocenters. The van der Waals surface area contributed by atoms with Gasteiger partial charge in [0.2, 0.25) is 0 Å². The van der Waals surface area contributed by atoms with E-state index in [-0.39, 0.29) is 17.5 Å². The molecule has 3 rings (SSSR count). The molecule has 1 N–H and O–H groups in total. The first-order chi connectivity index (χ1) is 14.3. The van der Waals surface area contributed by atoms with Crippen LogP contribution in [0.15, 0.2) is 30.3 Å². The van der Waals surface area contributed by atoms with Gasteiger partial charge >= 0.3 is 12.0 Å². The van der Waals surface area contributed by atoms with Crippen LogP contribution in [0.5, 0.6) is 0 Å². The number of methoxy groups -OCH3 is 1. The summed E-state index contributed by atoms with van der Waals surface area (Å²) in [6.45, 7) is 10.6. The number of benzene rings is 1. The monoisotopic (exact) mass is 415 g/mol. The minimum atomic E-state index is -0.671. The molecule has 166 valence electrons. The van der Waals surface area contributed by atoms with E-state index in [9.17, 15) is 9.59 Å². The lowest BCUT2D eigenvalue weighted by Gasteiger charge is -2.44. The Morgan fingerprint density at radius 3 is 2.43 bits per heavy atom. The van der Waals surface area contributed by atoms with Gasteiger partial charge in [0.05, 0.1) is 12.5 Å². The Bertz CT molecular complexity index is 726. The van der Waals surface area contributed by atoms with Crippen molar-refractivity contribution in [1.29, 1.82) is 0 Å². The number of urea groups is 1. The Morgan fingerprint density at radius 2 is 1.83 bits per heavy atom. The molecule has 0 bridgehead atoms. The van der Waals surface area contributed by atoms with E-state index in [0.29, 0.717) is 38.4 Å². The zero-order chi connectivity index (χ0) is 21.8. The quantitative estimate of drug-likeness (QED) is 0.749. The van der Waals surface area contributed by atoms with Crippen LogP contribution in [0, 0.1) is 5.92 Å². The summed E-state index contributed by atoms with van der Waals surface area (Å²) in [4.78, 5) is 29.9. The van der Waals surface area contributed by atoms with Crippen LogP contribution < -0.4 is 5.32 Å². The topological polar surface area (TPSA) is 61.9 Å². The van der Waals surface area contributed by atoms with E-state index in [0.717, 1.165) is 18.7 Å². The largest absolute Gasteiger partial charge is 0.468 e.